The molecular weight excluding hydrogens is 369 g/mol. The molecule has 0 atom stereocenters. The van der Waals surface area contributed by atoms with Gasteiger partial charge in [0.25, 0.3) is 0 Å². The number of hydrogen-bond acceptors (Lipinski definition) is 2. The van der Waals surface area contributed by atoms with Crippen LogP contribution in [0.1, 0.15) is 38.8 Å². The molecule has 0 amide bonds. The molecule has 0 saturated carbocycles. The lowest BCUT2D eigenvalue weighted by atomic mass is 9.78. The fourth-order valence-corrected chi connectivity index (χ4v) is 4.71. The highest BCUT2D eigenvalue weighted by Gasteiger charge is 2.51. The van der Waals surface area contributed by atoms with Crippen molar-refractivity contribution < 1.29 is 9.31 Å². The van der Waals surface area contributed by atoms with E-state index in [1.165, 1.54) is 51.5 Å². The van der Waals surface area contributed by atoms with Gasteiger partial charge in [-0.25, -0.2) is 0 Å². The highest BCUT2D eigenvalue weighted by molar-refractivity contribution is 6.62. The van der Waals surface area contributed by atoms with Crippen molar-refractivity contribution in [2.45, 2.75) is 51.7 Å². The van der Waals surface area contributed by atoms with E-state index < -0.39 is 0 Å². The van der Waals surface area contributed by atoms with Crippen molar-refractivity contribution in [3.63, 3.8) is 0 Å². The zero-order valence-electron chi connectivity index (χ0n) is 18.0. The second kappa shape index (κ2) is 5.99. The van der Waals surface area contributed by atoms with E-state index in [0.717, 1.165) is 5.46 Å². The first-order chi connectivity index (χ1) is 14.3. The molecule has 3 nitrogen and oxygen atoms in total. The van der Waals surface area contributed by atoms with Gasteiger partial charge in [0.1, 0.15) is 0 Å². The number of rotatable bonds is 2. The third-order valence-electron chi connectivity index (χ3n) is 7.31. The van der Waals surface area contributed by atoms with Crippen molar-refractivity contribution in [2.24, 2.45) is 0 Å². The van der Waals surface area contributed by atoms with Crippen LogP contribution in [0.5, 0.6) is 0 Å². The van der Waals surface area contributed by atoms with Crippen LogP contribution in [0, 0.1) is 0 Å². The maximum Gasteiger partial charge on any atom is 0.494 e. The average molecular weight is 395 g/mol. The molecule has 0 N–H and O–H groups in total. The summed E-state index contributed by atoms with van der Waals surface area (Å²) in [6, 6.07) is 22.1. The summed E-state index contributed by atoms with van der Waals surface area (Å²) in [5.41, 5.74) is 7.06. The van der Waals surface area contributed by atoms with Crippen molar-refractivity contribution in [3.05, 3.63) is 71.8 Å². The standard InChI is InChI=1S/C26H26BNO2/c1-25(2)26(3,4)30-27(29-25)19-12-13-23-22(16-19)21-14-17-10-11-18(17)15-24(21)28(23)20-8-6-5-7-9-20/h5-9,12-16H,10-11H2,1-4H3. The lowest BCUT2D eigenvalue weighted by molar-refractivity contribution is 0.00578. The van der Waals surface area contributed by atoms with Crippen LogP contribution in [-0.4, -0.2) is 22.9 Å². The molecule has 30 heavy (non-hydrogen) atoms. The van der Waals surface area contributed by atoms with Crippen LogP contribution in [0.25, 0.3) is 27.5 Å². The van der Waals surface area contributed by atoms with E-state index in [0.29, 0.717) is 0 Å². The van der Waals surface area contributed by atoms with Gasteiger partial charge in [0, 0.05) is 16.5 Å². The maximum atomic E-state index is 6.33. The van der Waals surface area contributed by atoms with Crippen LogP contribution in [-0.2, 0) is 22.2 Å². The molecule has 150 valence electrons. The predicted molar refractivity (Wildman–Crippen MR) is 124 cm³/mol. The Kier molecular flexibility index (Phi) is 3.64. The quantitative estimate of drug-likeness (QED) is 0.437. The van der Waals surface area contributed by atoms with E-state index in [1.54, 1.807) is 0 Å². The Hall–Kier alpha value is -2.56. The summed E-state index contributed by atoms with van der Waals surface area (Å²) in [6.45, 7) is 8.42. The Balaban J connectivity index is 1.58. The maximum absolute atomic E-state index is 6.33. The zero-order chi connectivity index (χ0) is 20.7. The Morgan fingerprint density at radius 2 is 1.37 bits per heavy atom. The largest absolute Gasteiger partial charge is 0.494 e. The third kappa shape index (κ3) is 2.47. The fourth-order valence-electron chi connectivity index (χ4n) is 4.71. The molecule has 1 aromatic heterocycles. The van der Waals surface area contributed by atoms with Crippen LogP contribution in [0.4, 0.5) is 0 Å². The molecule has 1 saturated heterocycles. The van der Waals surface area contributed by atoms with Crippen molar-refractivity contribution in [3.8, 4) is 5.69 Å². The van der Waals surface area contributed by atoms with E-state index in [1.807, 2.05) is 0 Å². The minimum absolute atomic E-state index is 0.340. The predicted octanol–water partition coefficient (Wildman–Crippen LogP) is 5.18. The highest BCUT2D eigenvalue weighted by atomic mass is 16.7. The number of fused-ring (bicyclic) bond motifs is 4. The number of aromatic nitrogens is 1. The van der Waals surface area contributed by atoms with Gasteiger partial charge in [-0.1, -0.05) is 30.3 Å². The molecular formula is C26H26BNO2. The molecule has 0 unspecified atom stereocenters. The van der Waals surface area contributed by atoms with Crippen molar-refractivity contribution in [1.29, 1.82) is 0 Å². The number of para-hydroxylation sites is 1. The minimum Gasteiger partial charge on any atom is -0.399 e. The van der Waals surface area contributed by atoms with Crippen LogP contribution in [0.3, 0.4) is 0 Å². The summed E-state index contributed by atoms with van der Waals surface area (Å²) < 4.78 is 15.0. The molecule has 4 heteroatoms. The molecule has 6 rings (SSSR count). The summed E-state index contributed by atoms with van der Waals surface area (Å²) in [6.07, 6.45) is 2.36. The topological polar surface area (TPSA) is 23.4 Å². The van der Waals surface area contributed by atoms with Crippen LogP contribution < -0.4 is 5.46 Å². The Morgan fingerprint density at radius 1 is 0.733 bits per heavy atom. The molecule has 1 aliphatic carbocycles. The normalized spacial score (nSPS) is 19.3. The Morgan fingerprint density at radius 3 is 2.03 bits per heavy atom. The lowest BCUT2D eigenvalue weighted by Crippen LogP contribution is -2.41. The number of hydrogen-bond donors (Lipinski definition) is 0. The van der Waals surface area contributed by atoms with Gasteiger partial charge in [-0.15, -0.1) is 0 Å². The highest BCUT2D eigenvalue weighted by Crippen LogP contribution is 2.39. The molecule has 1 fully saturated rings. The van der Waals surface area contributed by atoms with Crippen LogP contribution >= 0.6 is 0 Å². The zero-order valence-corrected chi connectivity index (χ0v) is 18.0. The molecule has 2 heterocycles. The van der Waals surface area contributed by atoms with Gasteiger partial charge in [0.15, 0.2) is 0 Å². The summed E-state index contributed by atoms with van der Waals surface area (Å²) in [5.74, 6) is 0. The van der Waals surface area contributed by atoms with E-state index in [-0.39, 0.29) is 18.3 Å². The summed E-state index contributed by atoms with van der Waals surface area (Å²) in [4.78, 5) is 0. The van der Waals surface area contributed by atoms with Crippen molar-refractivity contribution in [1.82, 2.24) is 4.57 Å². The minimum atomic E-state index is -0.346. The summed E-state index contributed by atoms with van der Waals surface area (Å²) in [7, 11) is -0.346. The average Bonchev–Trinajstić information content (AvgIpc) is 3.13. The smallest absolute Gasteiger partial charge is 0.399 e. The van der Waals surface area contributed by atoms with Gasteiger partial charge in [-0.05, 0) is 87.5 Å². The third-order valence-corrected chi connectivity index (χ3v) is 7.31. The number of nitrogens with zero attached hydrogens (tertiary/aromatic N) is 1. The second-order valence-electron chi connectivity index (χ2n) is 9.67. The first kappa shape index (κ1) is 18.2. The monoisotopic (exact) mass is 395 g/mol. The first-order valence-corrected chi connectivity index (χ1v) is 10.8. The van der Waals surface area contributed by atoms with Gasteiger partial charge < -0.3 is 13.9 Å². The lowest BCUT2D eigenvalue weighted by Gasteiger charge is -2.32. The molecule has 0 spiro atoms. The summed E-state index contributed by atoms with van der Waals surface area (Å²) >= 11 is 0. The Labute approximate surface area is 177 Å². The number of benzene rings is 3. The first-order valence-electron chi connectivity index (χ1n) is 10.8. The van der Waals surface area contributed by atoms with Gasteiger partial charge >= 0.3 is 7.12 Å². The van der Waals surface area contributed by atoms with E-state index in [4.69, 9.17) is 9.31 Å². The molecule has 3 aromatic carbocycles. The molecule has 1 aliphatic heterocycles. The van der Waals surface area contributed by atoms with Gasteiger partial charge in [0.05, 0.1) is 22.2 Å². The molecule has 4 aromatic rings. The van der Waals surface area contributed by atoms with Gasteiger partial charge in [0.2, 0.25) is 0 Å². The van der Waals surface area contributed by atoms with Crippen LogP contribution in [0.15, 0.2) is 60.7 Å². The van der Waals surface area contributed by atoms with Gasteiger partial charge in [-0.2, -0.15) is 0 Å². The summed E-state index contributed by atoms with van der Waals surface area (Å²) in [5, 5.41) is 2.57. The van der Waals surface area contributed by atoms with E-state index >= 15 is 0 Å². The Bertz CT molecular complexity index is 1290. The van der Waals surface area contributed by atoms with Crippen LogP contribution in [0.2, 0.25) is 0 Å². The molecule has 0 bridgehead atoms. The van der Waals surface area contributed by atoms with Gasteiger partial charge in [-0.3, -0.25) is 0 Å². The molecule has 2 aliphatic rings. The molecule has 0 radical (unpaired) electrons. The van der Waals surface area contributed by atoms with E-state index in [9.17, 15) is 0 Å². The van der Waals surface area contributed by atoms with Crippen molar-refractivity contribution in [2.75, 3.05) is 0 Å². The SMILES string of the molecule is CC1(C)OB(c2ccc3c(c2)c2cc4c(cc2n3-c2ccccc2)CC4)OC1(C)C. The number of aryl methyl sites for hydroxylation is 2. The van der Waals surface area contributed by atoms with E-state index in [2.05, 4.69) is 92.9 Å². The van der Waals surface area contributed by atoms with Crippen molar-refractivity contribution >= 4 is 34.4 Å². The second-order valence-corrected chi connectivity index (χ2v) is 9.67. The fraction of sp³-hybridized carbons (Fsp3) is 0.308.